The Balaban J connectivity index is 1.83. The number of carbonyl (C=O) groups excluding carboxylic acids is 1. The van der Waals surface area contributed by atoms with Crippen LogP contribution in [0, 0.1) is 13.8 Å². The molecule has 172 valence electrons. The van der Waals surface area contributed by atoms with Crippen LogP contribution in [0.1, 0.15) is 33.4 Å². The van der Waals surface area contributed by atoms with E-state index in [-0.39, 0.29) is 5.97 Å². The number of esters is 1. The largest absolute Gasteiger partial charge is 0.493 e. The van der Waals surface area contributed by atoms with Gasteiger partial charge in [-0.2, -0.15) is 0 Å². The summed E-state index contributed by atoms with van der Waals surface area (Å²) in [6.45, 7) is 6.72. The summed E-state index contributed by atoms with van der Waals surface area (Å²) in [4.78, 5) is 18.6. The molecule has 0 amide bonds. The van der Waals surface area contributed by atoms with E-state index in [1.54, 1.807) is 21.1 Å². The SMILES string of the molecule is CCOC(=O)c1sc2nc(-c3ccc(OC)c(OC)c3)c(NCc3cccc(C)c3)n2c1C. The number of thiazole rings is 1. The van der Waals surface area contributed by atoms with Crippen LogP contribution in [0.5, 0.6) is 11.5 Å². The van der Waals surface area contributed by atoms with Gasteiger partial charge >= 0.3 is 5.97 Å². The van der Waals surface area contributed by atoms with E-state index >= 15 is 0 Å². The van der Waals surface area contributed by atoms with Crippen molar-refractivity contribution in [3.8, 4) is 22.8 Å². The third-order valence-electron chi connectivity index (χ3n) is 5.36. The van der Waals surface area contributed by atoms with Crippen molar-refractivity contribution in [2.75, 3.05) is 26.1 Å². The molecule has 33 heavy (non-hydrogen) atoms. The minimum Gasteiger partial charge on any atom is -0.493 e. The van der Waals surface area contributed by atoms with Crippen molar-refractivity contribution in [3.05, 3.63) is 64.2 Å². The zero-order valence-corrected chi connectivity index (χ0v) is 20.2. The summed E-state index contributed by atoms with van der Waals surface area (Å²) in [5.74, 6) is 1.75. The molecule has 0 radical (unpaired) electrons. The standard InChI is InChI=1S/C25H27N3O4S/c1-6-32-24(29)22-16(3)28-23(26-14-17-9-7-8-15(2)12-17)21(27-25(28)33-22)18-10-11-19(30-4)20(13-18)31-5/h7-13,26H,6,14H2,1-5H3. The van der Waals surface area contributed by atoms with E-state index in [1.807, 2.05) is 35.6 Å². The molecule has 1 N–H and O–H groups in total. The van der Waals surface area contributed by atoms with Gasteiger partial charge in [-0.25, -0.2) is 9.78 Å². The van der Waals surface area contributed by atoms with Gasteiger partial charge in [0.25, 0.3) is 0 Å². The van der Waals surface area contributed by atoms with Gasteiger partial charge in [0, 0.05) is 17.8 Å². The average molecular weight is 466 g/mol. The number of benzene rings is 2. The van der Waals surface area contributed by atoms with Gasteiger partial charge in [-0.15, -0.1) is 0 Å². The van der Waals surface area contributed by atoms with Gasteiger partial charge in [0.2, 0.25) is 0 Å². The molecule has 0 aliphatic carbocycles. The number of nitrogens with one attached hydrogen (secondary N) is 1. The van der Waals surface area contributed by atoms with Crippen LogP contribution in [0.4, 0.5) is 5.82 Å². The van der Waals surface area contributed by atoms with Crippen LogP contribution in [0.15, 0.2) is 42.5 Å². The monoisotopic (exact) mass is 465 g/mol. The number of carbonyl (C=O) groups is 1. The summed E-state index contributed by atoms with van der Waals surface area (Å²) in [5.41, 5.74) is 4.80. The molecule has 0 saturated heterocycles. The fraction of sp³-hybridized carbons (Fsp3) is 0.280. The third-order valence-corrected chi connectivity index (χ3v) is 6.49. The maximum Gasteiger partial charge on any atom is 0.350 e. The van der Waals surface area contributed by atoms with E-state index < -0.39 is 0 Å². The van der Waals surface area contributed by atoms with Crippen LogP contribution >= 0.6 is 11.3 Å². The molecule has 2 aromatic heterocycles. The molecule has 7 nitrogen and oxygen atoms in total. The number of fused-ring (bicyclic) bond motifs is 1. The number of aryl methyl sites for hydroxylation is 2. The lowest BCUT2D eigenvalue weighted by molar-refractivity contribution is 0.0531. The topological polar surface area (TPSA) is 74.1 Å². The van der Waals surface area contributed by atoms with Crippen molar-refractivity contribution in [2.24, 2.45) is 0 Å². The minimum absolute atomic E-state index is 0.327. The molecular weight excluding hydrogens is 438 g/mol. The zero-order chi connectivity index (χ0) is 23.5. The maximum atomic E-state index is 12.5. The first-order valence-corrected chi connectivity index (χ1v) is 11.5. The summed E-state index contributed by atoms with van der Waals surface area (Å²) in [6, 6.07) is 14.1. The number of anilines is 1. The van der Waals surface area contributed by atoms with Gasteiger partial charge < -0.3 is 19.5 Å². The Morgan fingerprint density at radius 1 is 1.09 bits per heavy atom. The van der Waals surface area contributed by atoms with Crippen molar-refractivity contribution >= 4 is 28.1 Å². The van der Waals surface area contributed by atoms with E-state index in [9.17, 15) is 4.79 Å². The van der Waals surface area contributed by atoms with Gasteiger partial charge in [0.1, 0.15) is 16.4 Å². The van der Waals surface area contributed by atoms with E-state index in [1.165, 1.54) is 16.9 Å². The Bertz CT molecular complexity index is 1310. The Morgan fingerprint density at radius 3 is 2.58 bits per heavy atom. The lowest BCUT2D eigenvalue weighted by Crippen LogP contribution is -2.07. The first-order chi connectivity index (χ1) is 16.0. The lowest BCUT2D eigenvalue weighted by Gasteiger charge is -2.12. The second kappa shape index (κ2) is 9.54. The summed E-state index contributed by atoms with van der Waals surface area (Å²) in [5, 5.41) is 3.55. The zero-order valence-electron chi connectivity index (χ0n) is 19.4. The average Bonchev–Trinajstić information content (AvgIpc) is 3.34. The maximum absolute atomic E-state index is 12.5. The Labute approximate surface area is 196 Å². The number of aromatic nitrogens is 2. The molecule has 4 rings (SSSR count). The van der Waals surface area contributed by atoms with Crippen LogP contribution < -0.4 is 14.8 Å². The fourth-order valence-electron chi connectivity index (χ4n) is 3.79. The molecule has 0 fully saturated rings. The van der Waals surface area contributed by atoms with E-state index in [0.29, 0.717) is 34.5 Å². The fourth-order valence-corrected chi connectivity index (χ4v) is 4.81. The number of rotatable bonds is 8. The molecular formula is C25H27N3O4S. The second-order valence-electron chi connectivity index (χ2n) is 7.58. The highest BCUT2D eigenvalue weighted by Crippen LogP contribution is 2.38. The summed E-state index contributed by atoms with van der Waals surface area (Å²) in [6.07, 6.45) is 0. The van der Waals surface area contributed by atoms with Gasteiger partial charge in [-0.3, -0.25) is 4.40 Å². The molecule has 4 aromatic rings. The third kappa shape index (κ3) is 4.39. The predicted molar refractivity (Wildman–Crippen MR) is 131 cm³/mol. The molecule has 0 saturated carbocycles. The van der Waals surface area contributed by atoms with Crippen molar-refractivity contribution in [1.29, 1.82) is 0 Å². The van der Waals surface area contributed by atoms with Crippen molar-refractivity contribution < 1.29 is 19.0 Å². The lowest BCUT2D eigenvalue weighted by atomic mass is 10.1. The quantitative estimate of drug-likeness (QED) is 0.347. The summed E-state index contributed by atoms with van der Waals surface area (Å²) >= 11 is 1.32. The number of imidazole rings is 1. The Morgan fingerprint density at radius 2 is 1.88 bits per heavy atom. The molecule has 2 aromatic carbocycles. The normalized spacial score (nSPS) is 10.9. The highest BCUT2D eigenvalue weighted by molar-refractivity contribution is 7.19. The number of methoxy groups -OCH3 is 2. The number of hydrogen-bond donors (Lipinski definition) is 1. The number of hydrogen-bond acceptors (Lipinski definition) is 7. The van der Waals surface area contributed by atoms with Gasteiger partial charge in [-0.05, 0) is 44.5 Å². The highest BCUT2D eigenvalue weighted by atomic mass is 32.1. The molecule has 0 atom stereocenters. The van der Waals surface area contributed by atoms with Gasteiger partial charge in [-0.1, -0.05) is 41.2 Å². The molecule has 2 heterocycles. The van der Waals surface area contributed by atoms with E-state index in [4.69, 9.17) is 19.2 Å². The Hall–Kier alpha value is -3.52. The summed E-state index contributed by atoms with van der Waals surface area (Å²) in [7, 11) is 3.22. The molecule has 0 unspecified atom stereocenters. The number of nitrogens with zero attached hydrogens (tertiary/aromatic N) is 2. The van der Waals surface area contributed by atoms with Gasteiger partial charge in [0.05, 0.1) is 20.8 Å². The first kappa shape index (κ1) is 22.7. The first-order valence-electron chi connectivity index (χ1n) is 10.7. The number of ether oxygens (including phenoxy) is 3. The van der Waals surface area contributed by atoms with Gasteiger partial charge in [0.15, 0.2) is 16.5 Å². The Kier molecular flexibility index (Phi) is 6.55. The van der Waals surface area contributed by atoms with E-state index in [2.05, 4.69) is 30.4 Å². The van der Waals surface area contributed by atoms with Crippen molar-refractivity contribution in [1.82, 2.24) is 9.38 Å². The molecule has 8 heteroatoms. The highest BCUT2D eigenvalue weighted by Gasteiger charge is 2.24. The van der Waals surface area contributed by atoms with Crippen LogP contribution in [-0.4, -0.2) is 36.2 Å². The smallest absolute Gasteiger partial charge is 0.350 e. The molecule has 0 spiro atoms. The van der Waals surface area contributed by atoms with Crippen LogP contribution in [-0.2, 0) is 11.3 Å². The minimum atomic E-state index is -0.331. The van der Waals surface area contributed by atoms with Crippen LogP contribution in [0.25, 0.3) is 16.2 Å². The second-order valence-corrected chi connectivity index (χ2v) is 8.55. The molecule has 0 bridgehead atoms. The summed E-state index contributed by atoms with van der Waals surface area (Å²) < 4.78 is 18.1. The van der Waals surface area contributed by atoms with Crippen LogP contribution in [0.3, 0.4) is 0 Å². The van der Waals surface area contributed by atoms with E-state index in [0.717, 1.165) is 28.3 Å². The molecule has 0 aliphatic rings. The van der Waals surface area contributed by atoms with Crippen LogP contribution in [0.2, 0.25) is 0 Å². The predicted octanol–water partition coefficient (Wildman–Crippen LogP) is 5.49. The van der Waals surface area contributed by atoms with Crippen molar-refractivity contribution in [2.45, 2.75) is 27.3 Å². The molecule has 0 aliphatic heterocycles. The van der Waals surface area contributed by atoms with Crippen molar-refractivity contribution in [3.63, 3.8) is 0 Å².